The predicted octanol–water partition coefficient (Wildman–Crippen LogP) is 4.21. The highest BCUT2D eigenvalue weighted by Crippen LogP contribution is 2.42. The van der Waals surface area contributed by atoms with Crippen molar-refractivity contribution < 1.29 is 0 Å². The van der Waals surface area contributed by atoms with Gasteiger partial charge in [-0.2, -0.15) is 0 Å². The molecule has 1 aliphatic rings. The molecule has 16 heavy (non-hydrogen) atoms. The van der Waals surface area contributed by atoms with Gasteiger partial charge in [0.15, 0.2) is 0 Å². The van der Waals surface area contributed by atoms with Crippen LogP contribution in [-0.4, -0.2) is 6.04 Å². The SMILES string of the molecule is CC(C)CCC(C)(C)C1CCC(C)CC1N. The van der Waals surface area contributed by atoms with E-state index in [1.54, 1.807) is 0 Å². The molecule has 0 aliphatic heterocycles. The molecule has 0 amide bonds. The van der Waals surface area contributed by atoms with E-state index in [4.69, 9.17) is 5.73 Å². The molecule has 1 rings (SSSR count). The number of hydrogen-bond acceptors (Lipinski definition) is 1. The maximum absolute atomic E-state index is 6.36. The third-order valence-corrected chi connectivity index (χ3v) is 4.53. The Morgan fingerprint density at radius 1 is 1.25 bits per heavy atom. The highest BCUT2D eigenvalue weighted by atomic mass is 14.7. The maximum Gasteiger partial charge on any atom is 0.00747 e. The van der Waals surface area contributed by atoms with Crippen molar-refractivity contribution in [1.82, 2.24) is 0 Å². The van der Waals surface area contributed by atoms with Gasteiger partial charge in [0.1, 0.15) is 0 Å². The molecular formula is C15H31N. The fraction of sp³-hybridized carbons (Fsp3) is 1.00. The van der Waals surface area contributed by atoms with Crippen molar-refractivity contribution in [3.63, 3.8) is 0 Å². The molecule has 96 valence electrons. The predicted molar refractivity (Wildman–Crippen MR) is 72.3 cm³/mol. The summed E-state index contributed by atoms with van der Waals surface area (Å²) >= 11 is 0. The fourth-order valence-electron chi connectivity index (χ4n) is 3.24. The van der Waals surface area contributed by atoms with Gasteiger partial charge in [-0.25, -0.2) is 0 Å². The van der Waals surface area contributed by atoms with Crippen LogP contribution in [-0.2, 0) is 0 Å². The smallest absolute Gasteiger partial charge is 0.00747 e. The summed E-state index contributed by atoms with van der Waals surface area (Å²) in [6, 6.07) is 0.436. The first-order valence-corrected chi connectivity index (χ1v) is 7.08. The second kappa shape index (κ2) is 5.53. The van der Waals surface area contributed by atoms with Crippen molar-refractivity contribution in [2.45, 2.75) is 72.8 Å². The van der Waals surface area contributed by atoms with Gasteiger partial charge in [-0.05, 0) is 42.4 Å². The Balaban J connectivity index is 2.53. The molecule has 1 heteroatoms. The third-order valence-electron chi connectivity index (χ3n) is 4.53. The first kappa shape index (κ1) is 14.0. The molecule has 2 N–H and O–H groups in total. The van der Waals surface area contributed by atoms with Gasteiger partial charge in [0, 0.05) is 6.04 Å². The van der Waals surface area contributed by atoms with Gasteiger partial charge in [-0.1, -0.05) is 47.5 Å². The Hall–Kier alpha value is -0.0400. The molecule has 0 radical (unpaired) electrons. The lowest BCUT2D eigenvalue weighted by molar-refractivity contribution is 0.0989. The van der Waals surface area contributed by atoms with Crippen molar-refractivity contribution in [1.29, 1.82) is 0 Å². The minimum atomic E-state index is 0.434. The molecular weight excluding hydrogens is 194 g/mol. The van der Waals surface area contributed by atoms with Crippen LogP contribution in [0.5, 0.6) is 0 Å². The van der Waals surface area contributed by atoms with Crippen molar-refractivity contribution in [3.8, 4) is 0 Å². The van der Waals surface area contributed by atoms with Crippen molar-refractivity contribution in [2.75, 3.05) is 0 Å². The third kappa shape index (κ3) is 3.76. The average molecular weight is 225 g/mol. The standard InChI is InChI=1S/C15H31N/c1-11(2)8-9-15(4,5)13-7-6-12(3)10-14(13)16/h11-14H,6-10,16H2,1-5H3. The molecule has 3 atom stereocenters. The first-order chi connectivity index (χ1) is 7.33. The monoisotopic (exact) mass is 225 g/mol. The lowest BCUT2D eigenvalue weighted by Gasteiger charge is -2.43. The Morgan fingerprint density at radius 3 is 2.38 bits per heavy atom. The minimum Gasteiger partial charge on any atom is -0.327 e. The maximum atomic E-state index is 6.36. The quantitative estimate of drug-likeness (QED) is 0.762. The van der Waals surface area contributed by atoms with Crippen molar-refractivity contribution >= 4 is 0 Å². The lowest BCUT2D eigenvalue weighted by Crippen LogP contribution is -2.43. The molecule has 0 aromatic carbocycles. The second-order valence-corrected chi connectivity index (χ2v) is 7.11. The highest BCUT2D eigenvalue weighted by molar-refractivity contribution is 4.90. The summed E-state index contributed by atoms with van der Waals surface area (Å²) in [5.41, 5.74) is 6.80. The topological polar surface area (TPSA) is 26.0 Å². The van der Waals surface area contributed by atoms with Gasteiger partial charge in [0.05, 0.1) is 0 Å². The van der Waals surface area contributed by atoms with E-state index in [9.17, 15) is 0 Å². The van der Waals surface area contributed by atoms with E-state index in [-0.39, 0.29) is 0 Å². The van der Waals surface area contributed by atoms with Gasteiger partial charge in [-0.3, -0.25) is 0 Å². The van der Waals surface area contributed by atoms with E-state index >= 15 is 0 Å². The van der Waals surface area contributed by atoms with E-state index in [1.165, 1.54) is 32.1 Å². The van der Waals surface area contributed by atoms with Gasteiger partial charge in [0.25, 0.3) is 0 Å². The van der Waals surface area contributed by atoms with Gasteiger partial charge in [0.2, 0.25) is 0 Å². The average Bonchev–Trinajstić information content (AvgIpc) is 2.14. The summed E-state index contributed by atoms with van der Waals surface area (Å²) in [4.78, 5) is 0. The van der Waals surface area contributed by atoms with Crippen LogP contribution in [0.1, 0.15) is 66.7 Å². The van der Waals surface area contributed by atoms with Gasteiger partial charge >= 0.3 is 0 Å². The summed E-state index contributed by atoms with van der Waals surface area (Å²) < 4.78 is 0. The van der Waals surface area contributed by atoms with Crippen LogP contribution in [0.2, 0.25) is 0 Å². The molecule has 0 spiro atoms. The zero-order chi connectivity index (χ0) is 12.3. The minimum absolute atomic E-state index is 0.434. The van der Waals surface area contributed by atoms with Crippen LogP contribution in [0.15, 0.2) is 0 Å². The zero-order valence-electron chi connectivity index (χ0n) is 11.9. The Labute approximate surface area is 102 Å². The van der Waals surface area contributed by atoms with E-state index in [2.05, 4.69) is 34.6 Å². The van der Waals surface area contributed by atoms with Gasteiger partial charge in [-0.15, -0.1) is 0 Å². The molecule has 0 aromatic rings. The van der Waals surface area contributed by atoms with Crippen LogP contribution in [0.3, 0.4) is 0 Å². The molecule has 1 fully saturated rings. The highest BCUT2D eigenvalue weighted by Gasteiger charge is 2.36. The van der Waals surface area contributed by atoms with Crippen LogP contribution >= 0.6 is 0 Å². The van der Waals surface area contributed by atoms with Gasteiger partial charge < -0.3 is 5.73 Å². The lowest BCUT2D eigenvalue weighted by atomic mass is 9.64. The van der Waals surface area contributed by atoms with E-state index in [0.29, 0.717) is 11.5 Å². The molecule has 1 nitrogen and oxygen atoms in total. The normalized spacial score (nSPS) is 32.1. The Morgan fingerprint density at radius 2 is 1.88 bits per heavy atom. The van der Waals surface area contributed by atoms with Crippen molar-refractivity contribution in [2.24, 2.45) is 28.9 Å². The molecule has 1 aliphatic carbocycles. The summed E-state index contributed by atoms with van der Waals surface area (Å²) in [6.07, 6.45) is 6.62. The summed E-state index contributed by atoms with van der Waals surface area (Å²) in [7, 11) is 0. The molecule has 0 saturated heterocycles. The molecule has 1 saturated carbocycles. The second-order valence-electron chi connectivity index (χ2n) is 7.11. The number of rotatable bonds is 4. The Bertz CT molecular complexity index is 207. The summed E-state index contributed by atoms with van der Waals surface area (Å²) in [5, 5.41) is 0. The number of hydrogen-bond donors (Lipinski definition) is 1. The van der Waals surface area contributed by atoms with E-state index in [0.717, 1.165) is 17.8 Å². The largest absolute Gasteiger partial charge is 0.327 e. The molecule has 0 bridgehead atoms. The molecule has 0 aromatic heterocycles. The molecule has 0 heterocycles. The van der Waals surface area contributed by atoms with Crippen LogP contribution in [0.4, 0.5) is 0 Å². The Kier molecular flexibility index (Phi) is 4.85. The number of nitrogens with two attached hydrogens (primary N) is 1. The summed E-state index contributed by atoms with van der Waals surface area (Å²) in [5.74, 6) is 2.40. The summed E-state index contributed by atoms with van der Waals surface area (Å²) in [6.45, 7) is 11.8. The van der Waals surface area contributed by atoms with E-state index in [1.807, 2.05) is 0 Å². The fourth-order valence-corrected chi connectivity index (χ4v) is 3.24. The van der Waals surface area contributed by atoms with Crippen LogP contribution < -0.4 is 5.73 Å². The van der Waals surface area contributed by atoms with Crippen molar-refractivity contribution in [3.05, 3.63) is 0 Å². The molecule has 3 unspecified atom stereocenters. The zero-order valence-corrected chi connectivity index (χ0v) is 11.9. The first-order valence-electron chi connectivity index (χ1n) is 7.08. The van der Waals surface area contributed by atoms with Crippen LogP contribution in [0, 0.1) is 23.2 Å². The van der Waals surface area contributed by atoms with E-state index < -0.39 is 0 Å². The van der Waals surface area contributed by atoms with Crippen LogP contribution in [0.25, 0.3) is 0 Å².